The monoisotopic (exact) mass is 829 g/mol. The van der Waals surface area contributed by atoms with Gasteiger partial charge in [-0.15, -0.1) is 0 Å². The van der Waals surface area contributed by atoms with Crippen LogP contribution in [0, 0.1) is 63.4 Å². The van der Waals surface area contributed by atoms with Crippen molar-refractivity contribution < 1.29 is 22.9 Å². The molecule has 8 bridgehead atoms. The molecule has 1 aromatic carbocycles. The number of fused-ring (bicyclic) bond motifs is 20. The lowest BCUT2D eigenvalue weighted by molar-refractivity contribution is -0.388. The zero-order chi connectivity index (χ0) is 41.0. The normalized spacial score (nSPS) is 42.7. The van der Waals surface area contributed by atoms with Crippen LogP contribution in [0.1, 0.15) is 122 Å². The van der Waals surface area contributed by atoms with E-state index < -0.39 is 34.2 Å². The number of nitrogens with one attached hydrogen (secondary N) is 9. The van der Waals surface area contributed by atoms with Gasteiger partial charge in [-0.05, 0) is 111 Å². The van der Waals surface area contributed by atoms with Crippen LogP contribution in [-0.4, -0.2) is 60.2 Å². The Labute approximate surface area is 346 Å². The third-order valence-corrected chi connectivity index (χ3v) is 16.1. The summed E-state index contributed by atoms with van der Waals surface area (Å²) < 4.78 is 38.0. The summed E-state index contributed by atoms with van der Waals surface area (Å²) in [6.45, 7) is 3.15. The van der Waals surface area contributed by atoms with Gasteiger partial charge < -0.3 is 5.32 Å². The highest BCUT2D eigenvalue weighted by molar-refractivity contribution is 5.92. The lowest BCUT2D eigenvalue weighted by atomic mass is 9.76. The average molecular weight is 829 g/mol. The van der Waals surface area contributed by atoms with Crippen molar-refractivity contribution in [2.75, 3.05) is 5.32 Å². The molecule has 1 amide bonds. The highest BCUT2D eigenvalue weighted by Crippen LogP contribution is 2.46. The maximum atomic E-state index is 12.7. The van der Waals surface area contributed by atoms with Crippen molar-refractivity contribution in [3.05, 3.63) is 33.9 Å². The topological polar surface area (TPSA) is 168 Å². The van der Waals surface area contributed by atoms with Crippen LogP contribution in [0.5, 0.6) is 0 Å². The number of carbonyl (C=O) groups is 1. The molecule has 0 radical (unpaired) electrons. The molecule has 0 spiro atoms. The van der Waals surface area contributed by atoms with E-state index >= 15 is 0 Å². The molecule has 5 heterocycles. The quantitative estimate of drug-likeness (QED) is 0.133. The summed E-state index contributed by atoms with van der Waals surface area (Å²) in [5.74, 6) is 5.09. The van der Waals surface area contributed by atoms with Gasteiger partial charge in [-0.3, -0.25) is 57.4 Å². The summed E-state index contributed by atoms with van der Waals surface area (Å²) in [4.78, 5) is 20.8. The number of alkyl halides is 3. The van der Waals surface area contributed by atoms with Gasteiger partial charge in [-0.25, -0.2) is 0 Å². The van der Waals surface area contributed by atoms with Gasteiger partial charge in [0.15, 0.2) is 0 Å². The number of nitrogens with zero attached hydrogens (tertiary/aromatic N) is 1. The Kier molecular flexibility index (Phi) is 12.3. The highest BCUT2D eigenvalue weighted by Gasteiger charge is 2.54. The smallest absolute Gasteiger partial charge is 0.326 e. The second kappa shape index (κ2) is 17.4. The van der Waals surface area contributed by atoms with Crippen molar-refractivity contribution in [3.63, 3.8) is 0 Å². The number of benzene rings is 1. The minimum absolute atomic E-state index is 0.128. The Morgan fingerprint density at radius 2 is 0.847 bits per heavy atom. The Morgan fingerprint density at radius 1 is 0.576 bits per heavy atom. The molecule has 8 atom stereocenters. The van der Waals surface area contributed by atoms with Crippen LogP contribution in [0.3, 0.4) is 0 Å². The van der Waals surface area contributed by atoms with Gasteiger partial charge in [0.1, 0.15) is 5.56 Å². The van der Waals surface area contributed by atoms with Crippen LogP contribution in [0.15, 0.2) is 18.2 Å². The van der Waals surface area contributed by atoms with E-state index in [0.717, 1.165) is 59.5 Å². The fourth-order valence-corrected chi connectivity index (χ4v) is 13.3. The fraction of sp³-hybridized carbons (Fsp3) is 0.837. The third kappa shape index (κ3) is 8.55. The number of amides is 1. The minimum Gasteiger partial charge on any atom is -0.326 e. The van der Waals surface area contributed by atoms with Crippen molar-refractivity contribution in [3.8, 4) is 0 Å². The van der Waals surface area contributed by atoms with Crippen molar-refractivity contribution >= 4 is 17.3 Å². The number of anilines is 1. The molecule has 4 aliphatic carbocycles. The lowest BCUT2D eigenvalue weighted by Crippen LogP contribution is -2.61. The van der Waals surface area contributed by atoms with Crippen LogP contribution in [-0.2, 0) is 11.0 Å². The first kappa shape index (κ1) is 41.9. The molecule has 0 aromatic heterocycles. The van der Waals surface area contributed by atoms with Crippen LogP contribution in [0.25, 0.3) is 0 Å². The predicted octanol–water partition coefficient (Wildman–Crippen LogP) is 5.81. The SMILES string of the molecule is C1CCC2C3NC(NC4NC(NC5NC(NC6NC(N3)C3CCCCC63)C3CCCCC53)C3CCCCC43)C2C1.CC(C)C(=O)Nc1ccc([N+](=O)[O-])c(C(F)(F)F)c1. The minimum atomic E-state index is -4.86. The number of carbonyl (C=O) groups excluding carboxylic acids is 1. The first-order chi connectivity index (χ1) is 28.4. The van der Waals surface area contributed by atoms with E-state index in [1.54, 1.807) is 13.8 Å². The highest BCUT2D eigenvalue weighted by atomic mass is 19.4. The molecule has 9 fully saturated rings. The van der Waals surface area contributed by atoms with E-state index in [9.17, 15) is 28.1 Å². The third-order valence-electron chi connectivity index (χ3n) is 16.1. The first-order valence-corrected chi connectivity index (χ1v) is 23.2. The van der Waals surface area contributed by atoms with E-state index in [1.165, 1.54) is 103 Å². The van der Waals surface area contributed by atoms with Crippen molar-refractivity contribution in [1.82, 2.24) is 42.5 Å². The van der Waals surface area contributed by atoms with Crippen molar-refractivity contribution in [2.45, 2.75) is 172 Å². The van der Waals surface area contributed by atoms with Crippen LogP contribution >= 0.6 is 0 Å². The summed E-state index contributed by atoms with van der Waals surface area (Å²) >= 11 is 0. The standard InChI is InChI=1S/C32H56N8.C11H11F3N2O3/c1-2-10-18-17(9-1)25-33-26(18)38-28-21-13-5-6-14-22(21)30(35-28)40-32-24-16-8-7-15-23(24)31(36-32)39-29-20-12-4-3-11-19(20)27(34-29)37-25;1-6(2)10(17)15-7-3-4-9(16(18)19)8(5-7)11(12,13)14/h17-40H,1-16H2;3-6H,1-2H3,(H,15,17). The van der Waals surface area contributed by atoms with E-state index in [-0.39, 0.29) is 5.69 Å². The predicted molar refractivity (Wildman–Crippen MR) is 219 cm³/mol. The first-order valence-electron chi connectivity index (χ1n) is 23.2. The number of nitro groups is 1. The summed E-state index contributed by atoms with van der Waals surface area (Å²) in [7, 11) is 0. The van der Waals surface area contributed by atoms with Crippen molar-refractivity contribution in [2.24, 2.45) is 53.3 Å². The summed E-state index contributed by atoms with van der Waals surface area (Å²) in [5, 5.41) is 46.6. The van der Waals surface area contributed by atoms with Crippen molar-refractivity contribution in [1.29, 1.82) is 0 Å². The van der Waals surface area contributed by atoms with E-state index in [2.05, 4.69) is 47.9 Å². The molecule has 13 nitrogen and oxygen atoms in total. The van der Waals surface area contributed by atoms with Gasteiger partial charge in [0.2, 0.25) is 5.91 Å². The Morgan fingerprint density at radius 3 is 1.07 bits per heavy atom. The number of hydrogen-bond acceptors (Lipinski definition) is 11. The largest absolute Gasteiger partial charge is 0.423 e. The van der Waals surface area contributed by atoms with Gasteiger partial charge in [0.05, 0.1) is 54.2 Å². The number of hydrogen-bond donors (Lipinski definition) is 9. The molecule has 5 saturated heterocycles. The second-order valence-corrected chi connectivity index (χ2v) is 19.7. The molecule has 59 heavy (non-hydrogen) atoms. The van der Waals surface area contributed by atoms with Gasteiger partial charge in [-0.2, -0.15) is 13.2 Å². The molecular weight excluding hydrogens is 762 g/mol. The molecule has 328 valence electrons. The summed E-state index contributed by atoms with van der Waals surface area (Å²) in [6.07, 6.45) is 20.7. The van der Waals surface area contributed by atoms with Crippen LogP contribution in [0.4, 0.5) is 24.5 Å². The zero-order valence-corrected chi connectivity index (χ0v) is 34.7. The van der Waals surface area contributed by atoms with E-state index in [0.29, 0.717) is 55.4 Å². The molecule has 5 aliphatic heterocycles. The van der Waals surface area contributed by atoms with E-state index in [4.69, 9.17) is 0 Å². The average Bonchev–Trinajstić information content (AvgIpc) is 3.96. The molecule has 10 rings (SSSR count). The maximum absolute atomic E-state index is 12.7. The maximum Gasteiger partial charge on any atom is 0.423 e. The number of nitro benzene ring substituents is 1. The summed E-state index contributed by atoms with van der Waals surface area (Å²) in [6, 6.07) is 2.34. The van der Waals surface area contributed by atoms with E-state index in [1.807, 2.05) is 0 Å². The molecular formula is C43H67F3N10O3. The number of halogens is 3. The van der Waals surface area contributed by atoms with Gasteiger partial charge >= 0.3 is 6.18 Å². The van der Waals surface area contributed by atoms with Crippen LogP contribution < -0.4 is 47.9 Å². The van der Waals surface area contributed by atoms with Crippen LogP contribution in [0.2, 0.25) is 0 Å². The van der Waals surface area contributed by atoms with Gasteiger partial charge in [0, 0.05) is 17.7 Å². The Balaban J connectivity index is 0.000000201. The molecule has 1 aromatic rings. The fourth-order valence-electron chi connectivity index (χ4n) is 13.3. The molecule has 9 N–H and O–H groups in total. The van der Waals surface area contributed by atoms with Gasteiger partial charge in [0.25, 0.3) is 5.69 Å². The van der Waals surface area contributed by atoms with Gasteiger partial charge in [-0.1, -0.05) is 65.2 Å². The zero-order valence-electron chi connectivity index (χ0n) is 34.7. The lowest BCUT2D eigenvalue weighted by Gasteiger charge is -2.35. The Bertz CT molecular complexity index is 1460. The molecule has 9 aliphatic rings. The second-order valence-electron chi connectivity index (χ2n) is 19.7. The summed E-state index contributed by atoms with van der Waals surface area (Å²) in [5.41, 5.74) is -2.56. The molecule has 16 heteroatoms. The molecule has 8 unspecified atom stereocenters. The molecule has 4 saturated carbocycles. The Hall–Kier alpha value is -2.44. The number of rotatable bonds is 3.